The van der Waals surface area contributed by atoms with Crippen LogP contribution in [0.1, 0.15) is 44.2 Å². The van der Waals surface area contributed by atoms with Crippen LogP contribution in [0.15, 0.2) is 23.1 Å². The average molecular weight is 328 g/mol. The van der Waals surface area contributed by atoms with Gasteiger partial charge in [-0.1, -0.05) is 24.9 Å². The van der Waals surface area contributed by atoms with Gasteiger partial charge in [0.25, 0.3) is 0 Å². The van der Waals surface area contributed by atoms with Gasteiger partial charge in [-0.05, 0) is 54.5 Å². The zero-order chi connectivity index (χ0) is 13.9. The Hall–Kier alpha value is 0.170. The number of fused-ring (bicyclic) bond motifs is 1. The van der Waals surface area contributed by atoms with Crippen LogP contribution in [0.25, 0.3) is 0 Å². The van der Waals surface area contributed by atoms with Gasteiger partial charge in [-0.15, -0.1) is 11.8 Å². The Kier molecular flexibility index (Phi) is 5.24. The molecule has 4 heteroatoms. The molecule has 1 saturated carbocycles. The lowest BCUT2D eigenvalue weighted by Gasteiger charge is -2.31. The molecule has 1 aliphatic carbocycles. The topological polar surface area (TPSA) is 12.0 Å². The van der Waals surface area contributed by atoms with E-state index in [1.54, 1.807) is 0 Å². The normalized spacial score (nSPS) is 29.4. The van der Waals surface area contributed by atoms with E-state index in [0.29, 0.717) is 12.1 Å². The highest BCUT2D eigenvalue weighted by Gasteiger charge is 2.31. The summed E-state index contributed by atoms with van der Waals surface area (Å²) in [5.41, 5.74) is 1.42. The summed E-state index contributed by atoms with van der Waals surface area (Å²) in [6, 6.07) is 7.54. The zero-order valence-electron chi connectivity index (χ0n) is 11.9. The van der Waals surface area contributed by atoms with Crippen molar-refractivity contribution in [2.24, 2.45) is 0 Å². The molecule has 1 heterocycles. The Bertz CT molecular complexity index is 466. The van der Waals surface area contributed by atoms with Crippen molar-refractivity contribution in [3.8, 4) is 0 Å². The lowest BCUT2D eigenvalue weighted by Crippen LogP contribution is -2.38. The minimum Gasteiger partial charge on any atom is -0.306 e. The van der Waals surface area contributed by atoms with E-state index in [0.717, 1.165) is 10.3 Å². The van der Waals surface area contributed by atoms with Gasteiger partial charge in [0, 0.05) is 27.3 Å². The standard InChI is InChI=1S/C16H22ClNS2/c1-2-19-16-5-3-4-14(16)18-13-8-9-20-15-7-6-11(17)10-12(13)15/h6-7,10,13-14,16,18H,2-5,8-9H2,1H3. The summed E-state index contributed by atoms with van der Waals surface area (Å²) in [6.45, 7) is 2.27. The fourth-order valence-corrected chi connectivity index (χ4v) is 5.82. The van der Waals surface area contributed by atoms with Crippen molar-refractivity contribution >= 4 is 35.1 Å². The summed E-state index contributed by atoms with van der Waals surface area (Å²) in [6.07, 6.45) is 5.30. The van der Waals surface area contributed by atoms with Crippen LogP contribution in [-0.4, -0.2) is 22.8 Å². The van der Waals surface area contributed by atoms with E-state index in [2.05, 4.69) is 36.1 Å². The van der Waals surface area contributed by atoms with Crippen LogP contribution >= 0.6 is 35.1 Å². The fourth-order valence-electron chi connectivity index (χ4n) is 3.33. The van der Waals surface area contributed by atoms with Crippen molar-refractivity contribution < 1.29 is 0 Å². The molecule has 0 bridgehead atoms. The predicted octanol–water partition coefficient (Wildman–Crippen LogP) is 5.14. The third-order valence-electron chi connectivity index (χ3n) is 4.26. The van der Waals surface area contributed by atoms with E-state index in [9.17, 15) is 0 Å². The molecule has 1 aromatic rings. The molecule has 1 N–H and O–H groups in total. The maximum atomic E-state index is 6.20. The van der Waals surface area contributed by atoms with Crippen molar-refractivity contribution in [3.05, 3.63) is 28.8 Å². The molecule has 0 radical (unpaired) electrons. The van der Waals surface area contributed by atoms with Crippen LogP contribution in [0.5, 0.6) is 0 Å². The van der Waals surface area contributed by atoms with Crippen LogP contribution < -0.4 is 5.32 Å². The highest BCUT2D eigenvalue weighted by Crippen LogP contribution is 2.39. The van der Waals surface area contributed by atoms with E-state index in [1.165, 1.54) is 47.6 Å². The van der Waals surface area contributed by atoms with E-state index in [4.69, 9.17) is 11.6 Å². The van der Waals surface area contributed by atoms with Crippen LogP contribution in [0, 0.1) is 0 Å². The quantitative estimate of drug-likeness (QED) is 0.822. The number of thioether (sulfide) groups is 2. The van der Waals surface area contributed by atoms with Gasteiger partial charge in [0.05, 0.1) is 0 Å². The molecule has 3 atom stereocenters. The molecule has 0 aromatic heterocycles. The lowest BCUT2D eigenvalue weighted by atomic mass is 10.0. The molecule has 0 spiro atoms. The molecule has 110 valence electrons. The van der Waals surface area contributed by atoms with Crippen molar-refractivity contribution in [1.29, 1.82) is 0 Å². The average Bonchev–Trinajstić information content (AvgIpc) is 2.87. The summed E-state index contributed by atoms with van der Waals surface area (Å²) in [4.78, 5) is 1.41. The summed E-state index contributed by atoms with van der Waals surface area (Å²) in [5, 5.41) is 5.61. The second-order valence-corrected chi connectivity index (χ2v) is 8.66. The smallest absolute Gasteiger partial charge is 0.0410 e. The second kappa shape index (κ2) is 6.95. The molecule has 2 aliphatic rings. The zero-order valence-corrected chi connectivity index (χ0v) is 14.3. The van der Waals surface area contributed by atoms with Gasteiger partial charge in [-0.25, -0.2) is 0 Å². The van der Waals surface area contributed by atoms with E-state index >= 15 is 0 Å². The van der Waals surface area contributed by atoms with Crippen LogP contribution in [-0.2, 0) is 0 Å². The largest absolute Gasteiger partial charge is 0.306 e. The molecule has 3 unspecified atom stereocenters. The molecule has 1 nitrogen and oxygen atoms in total. The van der Waals surface area contributed by atoms with Crippen molar-refractivity contribution in [2.75, 3.05) is 11.5 Å². The van der Waals surface area contributed by atoms with Gasteiger partial charge in [0.15, 0.2) is 0 Å². The van der Waals surface area contributed by atoms with Gasteiger partial charge in [-0.2, -0.15) is 11.8 Å². The van der Waals surface area contributed by atoms with E-state index in [-0.39, 0.29) is 0 Å². The number of halogens is 1. The minimum absolute atomic E-state index is 0.494. The van der Waals surface area contributed by atoms with E-state index < -0.39 is 0 Å². The summed E-state index contributed by atoms with van der Waals surface area (Å²) in [5.74, 6) is 2.44. The Morgan fingerprint density at radius 1 is 1.35 bits per heavy atom. The van der Waals surface area contributed by atoms with Crippen LogP contribution in [0.3, 0.4) is 0 Å². The number of hydrogen-bond donors (Lipinski definition) is 1. The van der Waals surface area contributed by atoms with Crippen molar-refractivity contribution in [3.63, 3.8) is 0 Å². The highest BCUT2D eigenvalue weighted by atomic mass is 35.5. The van der Waals surface area contributed by atoms with E-state index in [1.807, 2.05) is 17.8 Å². The molecular formula is C16H22ClNS2. The molecular weight excluding hydrogens is 306 g/mol. The Morgan fingerprint density at radius 2 is 2.25 bits per heavy atom. The number of hydrogen-bond acceptors (Lipinski definition) is 3. The van der Waals surface area contributed by atoms with Crippen LogP contribution in [0.4, 0.5) is 0 Å². The van der Waals surface area contributed by atoms with Crippen molar-refractivity contribution in [2.45, 2.75) is 54.8 Å². The van der Waals surface area contributed by atoms with Crippen LogP contribution in [0.2, 0.25) is 5.02 Å². The Morgan fingerprint density at radius 3 is 3.10 bits per heavy atom. The molecule has 20 heavy (non-hydrogen) atoms. The Balaban J connectivity index is 1.74. The second-order valence-electron chi connectivity index (χ2n) is 5.57. The highest BCUT2D eigenvalue weighted by molar-refractivity contribution is 8.00. The first-order chi connectivity index (χ1) is 9.78. The van der Waals surface area contributed by atoms with Crippen molar-refractivity contribution in [1.82, 2.24) is 5.32 Å². The first kappa shape index (κ1) is 15.1. The SMILES string of the molecule is CCSC1CCCC1NC1CCSc2ccc(Cl)cc21. The minimum atomic E-state index is 0.494. The van der Waals surface area contributed by atoms with Gasteiger partial charge in [-0.3, -0.25) is 0 Å². The number of rotatable bonds is 4. The third-order valence-corrected chi connectivity index (χ3v) is 6.94. The predicted molar refractivity (Wildman–Crippen MR) is 92.2 cm³/mol. The third kappa shape index (κ3) is 3.32. The summed E-state index contributed by atoms with van der Waals surface area (Å²) >= 11 is 10.3. The molecule has 1 fully saturated rings. The molecule has 0 saturated heterocycles. The summed E-state index contributed by atoms with van der Waals surface area (Å²) < 4.78 is 0. The molecule has 1 aromatic carbocycles. The fraction of sp³-hybridized carbons (Fsp3) is 0.625. The number of nitrogens with one attached hydrogen (secondary N) is 1. The van der Waals surface area contributed by atoms with Gasteiger partial charge in [0.1, 0.15) is 0 Å². The Labute approximate surface area is 135 Å². The molecule has 0 amide bonds. The number of benzene rings is 1. The lowest BCUT2D eigenvalue weighted by molar-refractivity contribution is 0.430. The molecule has 3 rings (SSSR count). The first-order valence-electron chi connectivity index (χ1n) is 7.58. The van der Waals surface area contributed by atoms with Gasteiger partial charge >= 0.3 is 0 Å². The maximum Gasteiger partial charge on any atom is 0.0410 e. The molecule has 1 aliphatic heterocycles. The van der Waals surface area contributed by atoms with Gasteiger partial charge < -0.3 is 5.32 Å². The van der Waals surface area contributed by atoms with Gasteiger partial charge in [0.2, 0.25) is 0 Å². The first-order valence-corrected chi connectivity index (χ1v) is 9.99. The monoisotopic (exact) mass is 327 g/mol. The maximum absolute atomic E-state index is 6.20. The summed E-state index contributed by atoms with van der Waals surface area (Å²) in [7, 11) is 0.